The Balaban J connectivity index is 1.45. The van der Waals surface area contributed by atoms with Crippen LogP contribution in [0.2, 0.25) is 5.22 Å². The van der Waals surface area contributed by atoms with Crippen LogP contribution in [0.15, 0.2) is 46.0 Å². The lowest BCUT2D eigenvalue weighted by Crippen LogP contribution is -2.38. The monoisotopic (exact) mass is 426 g/mol. The van der Waals surface area contributed by atoms with Gasteiger partial charge in [0.1, 0.15) is 5.71 Å². The molecule has 2 aromatic rings. The Kier molecular flexibility index (Phi) is 5.29. The Morgan fingerprint density at radius 3 is 2.69 bits per heavy atom. The smallest absolute Gasteiger partial charge is 0.416 e. The van der Waals surface area contributed by atoms with E-state index in [1.165, 1.54) is 6.07 Å². The minimum absolute atomic E-state index is 0.0635. The third kappa shape index (κ3) is 4.75. The quantitative estimate of drug-likeness (QED) is 0.661. The van der Waals surface area contributed by atoms with Gasteiger partial charge in [-0.15, -0.1) is 0 Å². The Bertz CT molecular complexity index is 937. The molecule has 1 fully saturated rings. The van der Waals surface area contributed by atoms with Crippen molar-refractivity contribution in [3.63, 3.8) is 0 Å². The highest BCUT2D eigenvalue weighted by Crippen LogP contribution is 2.33. The molecule has 4 rings (SSSR count). The van der Waals surface area contributed by atoms with Gasteiger partial charge in [-0.3, -0.25) is 4.79 Å². The van der Waals surface area contributed by atoms with E-state index < -0.39 is 17.8 Å². The number of oxime groups is 1. The zero-order valence-electron chi connectivity index (χ0n) is 15.3. The normalized spacial score (nSPS) is 19.0. The van der Waals surface area contributed by atoms with Crippen LogP contribution < -0.4 is 0 Å². The van der Waals surface area contributed by atoms with Crippen molar-refractivity contribution in [1.29, 1.82) is 0 Å². The number of alkyl halides is 3. The fourth-order valence-corrected chi connectivity index (χ4v) is 3.42. The molecule has 0 bridgehead atoms. The molecule has 0 saturated heterocycles. The van der Waals surface area contributed by atoms with Gasteiger partial charge in [-0.25, -0.2) is 0 Å². The summed E-state index contributed by atoms with van der Waals surface area (Å²) in [5, 5.41) is 4.24. The first-order valence-corrected chi connectivity index (χ1v) is 9.61. The van der Waals surface area contributed by atoms with Crippen LogP contribution in [0.4, 0.5) is 13.2 Å². The summed E-state index contributed by atoms with van der Waals surface area (Å²) in [4.78, 5) is 19.7. The van der Waals surface area contributed by atoms with Crippen molar-refractivity contribution >= 4 is 23.2 Å². The molecule has 1 atom stereocenters. The van der Waals surface area contributed by atoms with E-state index in [0.717, 1.165) is 25.0 Å². The van der Waals surface area contributed by atoms with Gasteiger partial charge in [0, 0.05) is 18.9 Å². The van der Waals surface area contributed by atoms with Gasteiger partial charge in [-0.1, -0.05) is 17.3 Å². The molecule has 1 aromatic carbocycles. The first-order chi connectivity index (χ1) is 13.8. The fourth-order valence-electron chi connectivity index (χ4n) is 3.27. The molecule has 2 heterocycles. The number of furan rings is 1. The fraction of sp³-hybridized carbons (Fsp3) is 0.400. The summed E-state index contributed by atoms with van der Waals surface area (Å²) < 4.78 is 44.3. The summed E-state index contributed by atoms with van der Waals surface area (Å²) in [5.41, 5.74) is 0.275. The average Bonchev–Trinajstić information content (AvgIpc) is 3.27. The van der Waals surface area contributed by atoms with Crippen molar-refractivity contribution in [3.05, 3.63) is 58.5 Å². The number of halogens is 4. The molecule has 0 spiro atoms. The van der Waals surface area contributed by atoms with Gasteiger partial charge in [0.2, 0.25) is 5.91 Å². The third-order valence-corrected chi connectivity index (χ3v) is 5.08. The van der Waals surface area contributed by atoms with Crippen LogP contribution in [0.5, 0.6) is 0 Å². The second-order valence-corrected chi connectivity index (χ2v) is 7.64. The van der Waals surface area contributed by atoms with Gasteiger partial charge in [-0.05, 0) is 54.3 Å². The Labute approximate surface area is 170 Å². The predicted molar refractivity (Wildman–Crippen MR) is 99.3 cm³/mol. The maximum atomic E-state index is 13.0. The Hall–Kier alpha value is -2.48. The van der Waals surface area contributed by atoms with Gasteiger partial charge in [-0.2, -0.15) is 13.2 Å². The number of carbonyl (C=O) groups excluding carboxylic acids is 1. The minimum Gasteiger partial charge on any atom is -0.443 e. The second-order valence-electron chi connectivity index (χ2n) is 7.26. The number of nitrogens with zero attached hydrogens (tertiary/aromatic N) is 2. The van der Waals surface area contributed by atoms with Gasteiger partial charge < -0.3 is 14.2 Å². The lowest BCUT2D eigenvalue weighted by molar-refractivity contribution is -0.137. The molecule has 1 aliphatic carbocycles. The zero-order chi connectivity index (χ0) is 20.6. The minimum atomic E-state index is -4.43. The number of amides is 1. The molecule has 1 aromatic heterocycles. The van der Waals surface area contributed by atoms with E-state index in [1.807, 2.05) is 0 Å². The van der Waals surface area contributed by atoms with Gasteiger partial charge in [0.25, 0.3) is 0 Å². The van der Waals surface area contributed by atoms with Crippen LogP contribution in [0.3, 0.4) is 0 Å². The van der Waals surface area contributed by atoms with Gasteiger partial charge in [0.05, 0.1) is 12.1 Å². The highest BCUT2D eigenvalue weighted by Gasteiger charge is 2.36. The van der Waals surface area contributed by atoms with E-state index >= 15 is 0 Å². The molecule has 0 radical (unpaired) electrons. The first kappa shape index (κ1) is 19.8. The molecular weight excluding hydrogens is 409 g/mol. The van der Waals surface area contributed by atoms with E-state index in [2.05, 4.69) is 5.16 Å². The number of carbonyl (C=O) groups is 1. The number of hydrogen-bond donors (Lipinski definition) is 0. The molecule has 1 unspecified atom stereocenters. The van der Waals surface area contributed by atoms with E-state index in [1.54, 1.807) is 23.1 Å². The lowest BCUT2D eigenvalue weighted by Gasteiger charge is -2.25. The molecular formula is C20H18ClF3N2O3. The zero-order valence-corrected chi connectivity index (χ0v) is 16.0. The SMILES string of the molecule is O=C(C1CC1)N(Cc1cccc(C(F)(F)F)c1)CC1CC(c2ccc(Cl)o2)=NO1. The Morgan fingerprint density at radius 2 is 2.03 bits per heavy atom. The summed E-state index contributed by atoms with van der Waals surface area (Å²) in [6, 6.07) is 8.32. The van der Waals surface area contributed by atoms with Crippen LogP contribution in [0.1, 0.15) is 36.1 Å². The standard InChI is InChI=1S/C20H18ClF3N2O3/c21-18-7-6-17(28-18)16-9-15(29-25-16)11-26(19(27)13-4-5-13)10-12-2-1-3-14(8-12)20(22,23)24/h1-3,6-8,13,15H,4-5,9-11H2. The summed E-state index contributed by atoms with van der Waals surface area (Å²) >= 11 is 5.78. The van der Waals surface area contributed by atoms with Crippen molar-refractivity contribution < 1.29 is 27.2 Å². The second kappa shape index (κ2) is 7.74. The number of hydrogen-bond acceptors (Lipinski definition) is 4. The van der Waals surface area contributed by atoms with Gasteiger partial charge >= 0.3 is 6.18 Å². The number of rotatable bonds is 6. The summed E-state index contributed by atoms with van der Waals surface area (Å²) in [5.74, 6) is 0.363. The molecule has 1 amide bonds. The molecule has 9 heteroatoms. The van der Waals surface area contributed by atoms with Crippen LogP contribution in [0.25, 0.3) is 0 Å². The van der Waals surface area contributed by atoms with Crippen LogP contribution in [-0.2, 0) is 22.4 Å². The van der Waals surface area contributed by atoms with Crippen molar-refractivity contribution in [2.24, 2.45) is 11.1 Å². The van der Waals surface area contributed by atoms with Crippen LogP contribution in [0, 0.1) is 5.92 Å². The Morgan fingerprint density at radius 1 is 1.24 bits per heavy atom. The summed E-state index contributed by atoms with van der Waals surface area (Å²) in [6.07, 6.45) is -2.81. The number of benzene rings is 1. The first-order valence-electron chi connectivity index (χ1n) is 9.23. The summed E-state index contributed by atoms with van der Waals surface area (Å²) in [6.45, 7) is 0.314. The predicted octanol–water partition coefficient (Wildman–Crippen LogP) is 4.88. The average molecular weight is 427 g/mol. The molecule has 5 nitrogen and oxygen atoms in total. The van der Waals surface area contributed by atoms with E-state index in [9.17, 15) is 18.0 Å². The lowest BCUT2D eigenvalue weighted by atomic mass is 10.1. The molecule has 1 aliphatic heterocycles. The largest absolute Gasteiger partial charge is 0.443 e. The van der Waals surface area contributed by atoms with Crippen LogP contribution >= 0.6 is 11.6 Å². The molecule has 0 N–H and O–H groups in total. The topological polar surface area (TPSA) is 55.0 Å². The van der Waals surface area contributed by atoms with Crippen LogP contribution in [-0.4, -0.2) is 29.2 Å². The van der Waals surface area contributed by atoms with Crippen molar-refractivity contribution in [2.45, 2.75) is 38.1 Å². The maximum Gasteiger partial charge on any atom is 0.416 e. The molecule has 29 heavy (non-hydrogen) atoms. The molecule has 154 valence electrons. The highest BCUT2D eigenvalue weighted by molar-refractivity contribution is 6.29. The summed E-state index contributed by atoms with van der Waals surface area (Å²) in [7, 11) is 0. The molecule has 2 aliphatic rings. The third-order valence-electron chi connectivity index (χ3n) is 4.88. The van der Waals surface area contributed by atoms with Gasteiger partial charge in [0.15, 0.2) is 17.1 Å². The van der Waals surface area contributed by atoms with Crippen molar-refractivity contribution in [2.75, 3.05) is 6.54 Å². The molecule has 1 saturated carbocycles. The van der Waals surface area contributed by atoms with E-state index in [0.29, 0.717) is 23.5 Å². The van der Waals surface area contributed by atoms with E-state index in [-0.39, 0.29) is 30.1 Å². The maximum absolute atomic E-state index is 13.0. The van der Waals surface area contributed by atoms with E-state index in [4.69, 9.17) is 20.9 Å². The van der Waals surface area contributed by atoms with Crippen molar-refractivity contribution in [3.8, 4) is 0 Å². The highest BCUT2D eigenvalue weighted by atomic mass is 35.5. The van der Waals surface area contributed by atoms with Crippen molar-refractivity contribution in [1.82, 2.24) is 4.90 Å².